The third-order valence-electron chi connectivity index (χ3n) is 4.32. The predicted molar refractivity (Wildman–Crippen MR) is 128 cm³/mol. The lowest BCUT2D eigenvalue weighted by Gasteiger charge is -2.07. The number of nitrogens with one attached hydrogen (secondary N) is 3. The molecule has 13 heteroatoms. The third kappa shape index (κ3) is 5.38. The van der Waals surface area contributed by atoms with Crippen molar-refractivity contribution in [3.8, 4) is 0 Å². The standard InChI is InChI=1S/C20H12BrCl2FN6O2S/c21-11-6-9(4-5-14(11)24)26-18(25)17-19(30-32-29-17)28-20(31)15-8-33-16(27-15)7-10-12(22)2-1-3-13(10)23/h1-6,8H,7H2,(H2,25,26)(H,28,30,31). The molecule has 8 nitrogen and oxygen atoms in total. The lowest BCUT2D eigenvalue weighted by Crippen LogP contribution is -2.18. The molecule has 0 aliphatic carbocycles. The van der Waals surface area contributed by atoms with Crippen LogP contribution in [0.3, 0.4) is 0 Å². The second-order valence-electron chi connectivity index (χ2n) is 6.55. The van der Waals surface area contributed by atoms with E-state index >= 15 is 0 Å². The van der Waals surface area contributed by atoms with E-state index in [2.05, 4.69) is 46.5 Å². The van der Waals surface area contributed by atoms with Crippen LogP contribution < -0.4 is 10.6 Å². The molecule has 0 aliphatic heterocycles. The van der Waals surface area contributed by atoms with E-state index in [9.17, 15) is 9.18 Å². The summed E-state index contributed by atoms with van der Waals surface area (Å²) < 4.78 is 18.3. The van der Waals surface area contributed by atoms with Crippen molar-refractivity contribution < 1.29 is 13.8 Å². The van der Waals surface area contributed by atoms with E-state index < -0.39 is 11.7 Å². The highest BCUT2D eigenvalue weighted by Gasteiger charge is 2.20. The van der Waals surface area contributed by atoms with Crippen molar-refractivity contribution in [2.75, 3.05) is 10.6 Å². The van der Waals surface area contributed by atoms with E-state index in [1.165, 1.54) is 29.5 Å². The summed E-state index contributed by atoms with van der Waals surface area (Å²) in [6.07, 6.45) is 0.370. The van der Waals surface area contributed by atoms with E-state index in [4.69, 9.17) is 28.6 Å². The first kappa shape index (κ1) is 23.3. The van der Waals surface area contributed by atoms with Crippen molar-refractivity contribution in [1.29, 1.82) is 5.41 Å². The summed E-state index contributed by atoms with van der Waals surface area (Å²) in [6, 6.07) is 9.35. The molecule has 2 heterocycles. The molecule has 0 unspecified atom stereocenters. The number of carbonyl (C=O) groups excluding carboxylic acids is 1. The maximum atomic E-state index is 13.4. The van der Waals surface area contributed by atoms with Crippen molar-refractivity contribution in [1.82, 2.24) is 15.3 Å². The maximum Gasteiger partial charge on any atom is 0.276 e. The van der Waals surface area contributed by atoms with Crippen molar-refractivity contribution in [3.05, 3.63) is 84.1 Å². The van der Waals surface area contributed by atoms with E-state index in [0.717, 1.165) is 5.56 Å². The smallest absolute Gasteiger partial charge is 0.276 e. The van der Waals surface area contributed by atoms with Gasteiger partial charge in [-0.1, -0.05) is 29.3 Å². The molecule has 3 N–H and O–H groups in total. The van der Waals surface area contributed by atoms with Crippen molar-refractivity contribution in [3.63, 3.8) is 0 Å². The van der Waals surface area contributed by atoms with Crippen LogP contribution in [0.5, 0.6) is 0 Å². The van der Waals surface area contributed by atoms with Crippen LogP contribution in [-0.4, -0.2) is 27.0 Å². The summed E-state index contributed by atoms with van der Waals surface area (Å²) in [6.45, 7) is 0. The predicted octanol–water partition coefficient (Wildman–Crippen LogP) is 6.02. The summed E-state index contributed by atoms with van der Waals surface area (Å²) in [5.74, 6) is -1.28. The summed E-state index contributed by atoms with van der Waals surface area (Å²) in [5, 5.41) is 24.0. The molecule has 0 fully saturated rings. The zero-order valence-electron chi connectivity index (χ0n) is 16.3. The monoisotopic (exact) mass is 568 g/mol. The topological polar surface area (TPSA) is 117 Å². The Labute approximate surface area is 208 Å². The maximum absolute atomic E-state index is 13.4. The van der Waals surface area contributed by atoms with Crippen LogP contribution in [0.4, 0.5) is 15.9 Å². The number of anilines is 2. The molecule has 0 aliphatic rings. The number of thiazole rings is 1. The number of amides is 1. The molecule has 0 radical (unpaired) electrons. The lowest BCUT2D eigenvalue weighted by molar-refractivity contribution is 0.102. The zero-order chi connectivity index (χ0) is 23.5. The Morgan fingerprint density at radius 3 is 2.67 bits per heavy atom. The number of hydrogen-bond donors (Lipinski definition) is 3. The molecule has 2 aromatic carbocycles. The highest BCUT2D eigenvalue weighted by Crippen LogP contribution is 2.28. The van der Waals surface area contributed by atoms with Crippen LogP contribution >= 0.6 is 50.5 Å². The van der Waals surface area contributed by atoms with Gasteiger partial charge in [0.25, 0.3) is 5.91 Å². The molecule has 0 saturated heterocycles. The number of benzene rings is 2. The Morgan fingerprint density at radius 2 is 1.94 bits per heavy atom. The summed E-state index contributed by atoms with van der Waals surface area (Å²) >= 11 is 16.8. The van der Waals surface area contributed by atoms with Gasteiger partial charge in [0.15, 0.2) is 11.5 Å². The van der Waals surface area contributed by atoms with E-state index in [1.807, 2.05) is 0 Å². The van der Waals surface area contributed by atoms with Gasteiger partial charge in [0.2, 0.25) is 5.82 Å². The first-order valence-electron chi connectivity index (χ1n) is 9.14. The van der Waals surface area contributed by atoms with Gasteiger partial charge in [-0.2, -0.15) is 0 Å². The van der Waals surface area contributed by atoms with Crippen LogP contribution in [-0.2, 0) is 6.42 Å². The van der Waals surface area contributed by atoms with Crippen LogP contribution in [0.25, 0.3) is 0 Å². The fraction of sp³-hybridized carbons (Fsp3) is 0.0500. The molecule has 0 saturated carbocycles. The van der Waals surface area contributed by atoms with Gasteiger partial charge in [0.05, 0.1) is 9.48 Å². The van der Waals surface area contributed by atoms with E-state index in [1.54, 1.807) is 23.6 Å². The van der Waals surface area contributed by atoms with Crippen LogP contribution in [0.15, 0.2) is 50.9 Å². The second-order valence-corrected chi connectivity index (χ2v) is 9.16. The fourth-order valence-electron chi connectivity index (χ4n) is 2.73. The minimum Gasteiger partial charge on any atom is -0.339 e. The molecule has 0 atom stereocenters. The molecule has 4 aromatic rings. The van der Waals surface area contributed by atoms with Gasteiger partial charge < -0.3 is 10.6 Å². The number of aromatic nitrogens is 3. The van der Waals surface area contributed by atoms with Gasteiger partial charge in [-0.05, 0) is 62.1 Å². The van der Waals surface area contributed by atoms with Gasteiger partial charge in [0.1, 0.15) is 11.5 Å². The normalized spacial score (nSPS) is 10.8. The van der Waals surface area contributed by atoms with Crippen LogP contribution in [0, 0.1) is 11.2 Å². The Kier molecular flexibility index (Phi) is 7.03. The number of nitrogens with zero attached hydrogens (tertiary/aromatic N) is 3. The number of rotatable bonds is 6. The summed E-state index contributed by atoms with van der Waals surface area (Å²) in [4.78, 5) is 17.0. The third-order valence-corrected chi connectivity index (χ3v) is 6.49. The quantitative estimate of drug-likeness (QED) is 0.193. The highest BCUT2D eigenvalue weighted by atomic mass is 79.9. The van der Waals surface area contributed by atoms with E-state index in [0.29, 0.717) is 27.2 Å². The number of amidine groups is 1. The second kappa shape index (κ2) is 9.96. The zero-order valence-corrected chi connectivity index (χ0v) is 20.2. The Bertz CT molecular complexity index is 1340. The molecule has 33 heavy (non-hydrogen) atoms. The lowest BCUT2D eigenvalue weighted by atomic mass is 10.1. The molecule has 4 rings (SSSR count). The first-order chi connectivity index (χ1) is 15.8. The van der Waals surface area contributed by atoms with Gasteiger partial charge >= 0.3 is 0 Å². The van der Waals surface area contributed by atoms with Gasteiger partial charge in [-0.15, -0.1) is 11.3 Å². The van der Waals surface area contributed by atoms with Crippen molar-refractivity contribution in [2.24, 2.45) is 0 Å². The Balaban J connectivity index is 1.45. The fourth-order valence-corrected chi connectivity index (χ4v) is 4.43. The molecule has 168 valence electrons. The van der Waals surface area contributed by atoms with E-state index in [-0.39, 0.29) is 27.5 Å². The highest BCUT2D eigenvalue weighted by molar-refractivity contribution is 9.10. The van der Waals surface area contributed by atoms with Gasteiger partial charge in [0, 0.05) is 27.5 Å². The molecule has 0 spiro atoms. The van der Waals surface area contributed by atoms with Crippen LogP contribution in [0.2, 0.25) is 10.0 Å². The molecule has 0 bridgehead atoms. The number of hydrogen-bond acceptors (Lipinski definition) is 7. The average molecular weight is 570 g/mol. The van der Waals surface area contributed by atoms with Gasteiger partial charge in [-0.25, -0.2) is 14.0 Å². The Hall–Kier alpha value is -2.86. The van der Waals surface area contributed by atoms with Crippen molar-refractivity contribution >= 4 is 73.7 Å². The van der Waals surface area contributed by atoms with Crippen molar-refractivity contribution in [2.45, 2.75) is 6.42 Å². The SMILES string of the molecule is N=C(Nc1ccc(F)c(Br)c1)c1nonc1NC(=O)c1csc(Cc2c(Cl)cccc2Cl)n1. The first-order valence-corrected chi connectivity index (χ1v) is 11.6. The minimum atomic E-state index is -0.558. The Morgan fingerprint density at radius 1 is 1.18 bits per heavy atom. The number of carbonyl (C=O) groups is 1. The largest absolute Gasteiger partial charge is 0.339 e. The molecular formula is C20H12BrCl2FN6O2S. The molecule has 1 amide bonds. The average Bonchev–Trinajstić information content (AvgIpc) is 3.43. The summed E-state index contributed by atoms with van der Waals surface area (Å²) in [5.41, 5.74) is 1.25. The number of halogens is 4. The molecular weight excluding hydrogens is 558 g/mol. The molecule has 2 aromatic heterocycles. The van der Waals surface area contributed by atoms with Gasteiger partial charge in [-0.3, -0.25) is 10.2 Å². The minimum absolute atomic E-state index is 0.0397. The summed E-state index contributed by atoms with van der Waals surface area (Å²) in [7, 11) is 0. The van der Waals surface area contributed by atoms with Crippen LogP contribution in [0.1, 0.15) is 26.8 Å².